The molecule has 0 saturated heterocycles. The monoisotopic (exact) mass is 338 g/mol. The van der Waals surface area contributed by atoms with E-state index in [0.29, 0.717) is 0 Å². The van der Waals surface area contributed by atoms with E-state index in [0.717, 1.165) is 0 Å². The average molecular weight is 338 g/mol. The van der Waals surface area contributed by atoms with Gasteiger partial charge in [0.15, 0.2) is 0 Å². The summed E-state index contributed by atoms with van der Waals surface area (Å²) in [5.74, 6) is 0. The summed E-state index contributed by atoms with van der Waals surface area (Å²) in [7, 11) is 0. The van der Waals surface area contributed by atoms with Crippen molar-refractivity contribution in [3.8, 4) is 0 Å². The second-order valence-electron chi connectivity index (χ2n) is 0. The molecule has 0 heterocycles. The second-order valence-corrected chi connectivity index (χ2v) is 0. The number of rotatable bonds is 0. The third-order valence-corrected chi connectivity index (χ3v) is 0. The third-order valence-electron chi connectivity index (χ3n) is 0. The lowest BCUT2D eigenvalue weighted by molar-refractivity contribution is 2.50. The van der Waals surface area contributed by atoms with Crippen LogP contribution in [0.5, 0.6) is 0 Å². The second kappa shape index (κ2) is 33.2. The van der Waals surface area contributed by atoms with Gasteiger partial charge in [0.2, 0.25) is 0 Å². The van der Waals surface area contributed by atoms with Gasteiger partial charge in [-0.25, -0.2) is 0 Å². The Balaban J connectivity index is -0.00000000167. The Bertz CT molecular complexity index is 7.61. The lowest BCUT2D eigenvalue weighted by Gasteiger charge is -1.07. The zero-order chi connectivity index (χ0) is 2.00. The average Bonchev–Trinajstić information content (AvgIpc) is 1.00. The van der Waals surface area contributed by atoms with Gasteiger partial charge in [-0.3, -0.25) is 0 Å². The summed E-state index contributed by atoms with van der Waals surface area (Å²) in [6.45, 7) is 2.39. The molecule has 0 saturated carbocycles. The van der Waals surface area contributed by atoms with Gasteiger partial charge in [-0.05, 0) is 0 Å². The van der Waals surface area contributed by atoms with Crippen LogP contribution in [0.2, 0.25) is 0 Å². The van der Waals surface area contributed by atoms with E-state index in [1.807, 2.05) is 0 Å². The summed E-state index contributed by atoms with van der Waals surface area (Å²) < 4.78 is 0. The predicted octanol–water partition coefficient (Wildman–Crippen LogP) is 2.52. The topological polar surface area (TPSA) is 0 Å². The summed E-state index contributed by atoms with van der Waals surface area (Å²) >= 11 is 2.07. The standard InChI is InChI=1S/CH4.H2IP.HI.H3P/c;1-2;;/h1H4;2H2;1H;1H3. The summed E-state index contributed by atoms with van der Waals surface area (Å²) in [5.41, 5.74) is 0. The molecule has 0 rings (SSSR count). The molecule has 0 aromatic heterocycles. The lowest BCUT2D eigenvalue weighted by atomic mass is 12.0. The summed E-state index contributed by atoms with van der Waals surface area (Å²) in [6, 6.07) is 0. The van der Waals surface area contributed by atoms with Crippen LogP contribution in [-0.4, -0.2) is 0 Å². The number of hydrogen-bond donors (Lipinski definition) is 0. The van der Waals surface area contributed by atoms with Crippen LogP contribution < -0.4 is 0 Å². The van der Waals surface area contributed by atoms with E-state index in [9.17, 15) is 0 Å². The molecule has 0 radical (unpaired) electrons. The van der Waals surface area contributed by atoms with Crippen LogP contribution in [0.1, 0.15) is 7.43 Å². The first kappa shape index (κ1) is 26.5. The summed E-state index contributed by atoms with van der Waals surface area (Å²) in [6.07, 6.45) is 0. The van der Waals surface area contributed by atoms with Crippen molar-refractivity contribution in [3.63, 3.8) is 0 Å². The molecule has 2 atom stereocenters. The van der Waals surface area contributed by atoms with Crippen molar-refractivity contribution < 1.29 is 0 Å². The van der Waals surface area contributed by atoms with Gasteiger partial charge in [-0.1, -0.05) is 36.3 Å². The van der Waals surface area contributed by atoms with Crippen molar-refractivity contribution in [2.24, 2.45) is 0 Å². The number of hydrogen-bond acceptors (Lipinski definition) is 0. The molecule has 0 aliphatic carbocycles. The van der Waals surface area contributed by atoms with Gasteiger partial charge in [0.05, 0.1) is 0 Å². The Morgan fingerprint density at radius 3 is 1.20 bits per heavy atom. The predicted molar refractivity (Wildman–Crippen MR) is 57.0 cm³/mol. The zero-order valence-electron chi connectivity index (χ0n) is 2.07. The molecule has 0 aliphatic heterocycles. The molecular formula is CH10I2P2. The van der Waals surface area contributed by atoms with E-state index in [2.05, 4.69) is 28.9 Å². The Labute approximate surface area is 69.6 Å². The minimum atomic E-state index is 0. The molecule has 2 unspecified atom stereocenters. The molecule has 0 aromatic rings. The first-order valence-corrected chi connectivity index (χ1v) is 4.39. The van der Waals surface area contributed by atoms with Crippen LogP contribution in [0.15, 0.2) is 0 Å². The highest BCUT2D eigenvalue weighted by atomic mass is 127. The summed E-state index contributed by atoms with van der Waals surface area (Å²) in [4.78, 5) is 0. The van der Waals surface area contributed by atoms with Crippen molar-refractivity contribution in [1.82, 2.24) is 0 Å². The molecule has 0 aromatic carbocycles. The van der Waals surface area contributed by atoms with Crippen molar-refractivity contribution in [2.75, 3.05) is 0 Å². The normalized spacial score (nSPS) is 1.20. The Kier molecular flexibility index (Phi) is 176. The van der Waals surface area contributed by atoms with Gasteiger partial charge < -0.3 is 0 Å². The van der Waals surface area contributed by atoms with Crippen LogP contribution in [-0.2, 0) is 0 Å². The van der Waals surface area contributed by atoms with E-state index >= 15 is 0 Å². The van der Waals surface area contributed by atoms with Gasteiger partial charge in [0.25, 0.3) is 0 Å². The molecule has 38 valence electrons. The van der Waals surface area contributed by atoms with E-state index in [1.54, 1.807) is 0 Å². The van der Waals surface area contributed by atoms with E-state index in [-0.39, 0.29) is 41.3 Å². The largest absolute Gasteiger partial charge is 0.153 e. The minimum absolute atomic E-state index is 0. The van der Waals surface area contributed by atoms with Crippen molar-refractivity contribution in [3.05, 3.63) is 0 Å². The van der Waals surface area contributed by atoms with Crippen molar-refractivity contribution >= 4 is 62.8 Å². The van der Waals surface area contributed by atoms with E-state index in [4.69, 9.17) is 0 Å². The SMILES string of the molecule is C.I.P.PI. The molecule has 0 bridgehead atoms. The molecule has 0 spiro atoms. The summed E-state index contributed by atoms with van der Waals surface area (Å²) in [5, 5.41) is 0. The fourth-order valence-electron chi connectivity index (χ4n) is 0. The van der Waals surface area contributed by atoms with Gasteiger partial charge in [0.1, 0.15) is 0 Å². The molecular weight excluding hydrogens is 328 g/mol. The third kappa shape index (κ3) is 21.9. The van der Waals surface area contributed by atoms with Crippen LogP contribution in [0.4, 0.5) is 0 Å². The Morgan fingerprint density at radius 2 is 1.20 bits per heavy atom. The van der Waals surface area contributed by atoms with Crippen LogP contribution in [0.3, 0.4) is 0 Å². The van der Waals surface area contributed by atoms with Gasteiger partial charge in [-0.2, -0.15) is 9.90 Å². The molecule has 0 fully saturated rings. The first-order valence-electron chi connectivity index (χ1n) is 0.218. The molecule has 0 N–H and O–H groups in total. The van der Waals surface area contributed by atoms with Gasteiger partial charge in [-0.15, -0.1) is 24.0 Å². The Hall–Kier alpha value is 2.32. The lowest BCUT2D eigenvalue weighted by Crippen LogP contribution is -0.127. The maximum Gasteiger partial charge on any atom is -0.0610 e. The molecule has 4 heteroatoms. The first-order chi connectivity index (χ1) is 1.00. The quantitative estimate of drug-likeness (QED) is 0.471. The zero-order valence-corrected chi connectivity index (χ0v) is 9.13. The fourth-order valence-corrected chi connectivity index (χ4v) is 0. The highest BCUT2D eigenvalue weighted by Gasteiger charge is 0.934. The van der Waals surface area contributed by atoms with Crippen molar-refractivity contribution in [1.29, 1.82) is 0 Å². The molecule has 0 aliphatic rings. The maximum atomic E-state index is 2.39. The van der Waals surface area contributed by atoms with Gasteiger partial charge in [0, 0.05) is 0 Å². The highest BCUT2D eigenvalue weighted by Crippen LogP contribution is 1.87. The highest BCUT2D eigenvalue weighted by molar-refractivity contribution is 14.2. The fraction of sp³-hybridized carbons (Fsp3) is 1.00. The van der Waals surface area contributed by atoms with Crippen LogP contribution in [0.25, 0.3) is 0 Å². The van der Waals surface area contributed by atoms with Gasteiger partial charge >= 0.3 is 0 Å². The van der Waals surface area contributed by atoms with Crippen LogP contribution >= 0.6 is 62.8 Å². The number of halogens is 2. The minimum Gasteiger partial charge on any atom is -0.153 e. The van der Waals surface area contributed by atoms with Crippen molar-refractivity contribution in [2.45, 2.75) is 7.43 Å². The Morgan fingerprint density at radius 1 is 1.20 bits per heavy atom. The van der Waals surface area contributed by atoms with E-state index < -0.39 is 0 Å². The van der Waals surface area contributed by atoms with E-state index in [1.165, 1.54) is 0 Å². The smallest absolute Gasteiger partial charge is 0.0610 e. The molecule has 0 amide bonds. The molecule has 0 nitrogen and oxygen atoms in total. The molecule has 5 heavy (non-hydrogen) atoms. The maximum absolute atomic E-state index is 2.39. The van der Waals surface area contributed by atoms with Crippen LogP contribution in [0, 0.1) is 0 Å².